The summed E-state index contributed by atoms with van der Waals surface area (Å²) in [5.74, 6) is -0.732. The van der Waals surface area contributed by atoms with Crippen LogP contribution < -0.4 is 5.73 Å². The van der Waals surface area contributed by atoms with Crippen molar-refractivity contribution in [3.8, 4) is 6.07 Å². The Morgan fingerprint density at radius 1 is 1.47 bits per heavy atom. The van der Waals surface area contributed by atoms with Crippen molar-refractivity contribution in [3.63, 3.8) is 0 Å². The predicted octanol–water partition coefficient (Wildman–Crippen LogP) is 2.60. The lowest BCUT2D eigenvalue weighted by atomic mass is 10.1. The molecule has 0 saturated heterocycles. The summed E-state index contributed by atoms with van der Waals surface area (Å²) in [6, 6.07) is 7.19. The average molecular weight is 330 g/mol. The molecular weight excluding hydrogens is 324 g/mol. The van der Waals surface area contributed by atoms with Gasteiger partial charge < -0.3 is 5.73 Å². The highest BCUT2D eigenvalue weighted by Gasteiger charge is 2.05. The van der Waals surface area contributed by atoms with Crippen LogP contribution in [0.5, 0.6) is 0 Å². The largest absolute Gasteiger partial charge is 0.365 e. The quantitative estimate of drug-likeness (QED) is 0.669. The van der Waals surface area contributed by atoms with Crippen LogP contribution in [0.1, 0.15) is 5.56 Å². The van der Waals surface area contributed by atoms with Crippen LogP contribution in [-0.4, -0.2) is 5.91 Å². The number of nitrogens with two attached hydrogens (primary N) is 1. The minimum Gasteiger partial charge on any atom is -0.365 e. The maximum Gasteiger partial charge on any atom is 0.259 e. The zero-order chi connectivity index (χ0) is 11.4. The monoisotopic (exact) mass is 328 g/mol. The first kappa shape index (κ1) is 12.0. The molecule has 0 radical (unpaired) electrons. The molecule has 1 aromatic rings. The van der Waals surface area contributed by atoms with Crippen molar-refractivity contribution in [2.24, 2.45) is 5.73 Å². The Kier molecular flexibility index (Phi) is 4.06. The highest BCUT2D eigenvalue weighted by molar-refractivity contribution is 9.11. The number of carbonyl (C=O) groups excluding carboxylic acids is 1. The van der Waals surface area contributed by atoms with E-state index >= 15 is 0 Å². The fourth-order valence-corrected chi connectivity index (χ4v) is 1.68. The third-order valence-corrected chi connectivity index (χ3v) is 2.86. The van der Waals surface area contributed by atoms with Gasteiger partial charge in [-0.05, 0) is 29.8 Å². The molecule has 5 heteroatoms. The number of hydrogen-bond donors (Lipinski definition) is 1. The molecule has 76 valence electrons. The molecule has 3 nitrogen and oxygen atoms in total. The van der Waals surface area contributed by atoms with Crippen LogP contribution >= 0.6 is 31.9 Å². The average Bonchev–Trinajstić information content (AvgIpc) is 2.18. The Labute approximate surface area is 104 Å². The molecular formula is C10H6Br2N2O. The van der Waals surface area contributed by atoms with Gasteiger partial charge in [-0.25, -0.2) is 0 Å². The van der Waals surface area contributed by atoms with Crippen molar-refractivity contribution >= 4 is 43.8 Å². The van der Waals surface area contributed by atoms with E-state index in [1.165, 1.54) is 6.08 Å². The van der Waals surface area contributed by atoms with Crippen molar-refractivity contribution in [3.05, 3.63) is 38.3 Å². The van der Waals surface area contributed by atoms with Gasteiger partial charge in [-0.2, -0.15) is 5.26 Å². The standard InChI is InChI=1S/C10H6Br2N2O/c11-8-1-2-9(12)6(4-8)3-7(5-13)10(14)15/h1-4H,(H2,14,15). The number of primary amides is 1. The molecule has 0 fully saturated rings. The van der Waals surface area contributed by atoms with E-state index in [2.05, 4.69) is 31.9 Å². The fraction of sp³-hybridized carbons (Fsp3) is 0. The third-order valence-electron chi connectivity index (χ3n) is 1.64. The molecule has 1 amide bonds. The van der Waals surface area contributed by atoms with E-state index in [1.807, 2.05) is 12.1 Å². The van der Waals surface area contributed by atoms with Gasteiger partial charge in [0, 0.05) is 8.95 Å². The topological polar surface area (TPSA) is 66.9 Å². The van der Waals surface area contributed by atoms with E-state index in [0.717, 1.165) is 14.5 Å². The molecule has 0 bridgehead atoms. The van der Waals surface area contributed by atoms with Gasteiger partial charge in [0.2, 0.25) is 0 Å². The summed E-state index contributed by atoms with van der Waals surface area (Å²) in [7, 11) is 0. The summed E-state index contributed by atoms with van der Waals surface area (Å²) < 4.78 is 1.65. The third kappa shape index (κ3) is 3.18. The fourth-order valence-electron chi connectivity index (χ4n) is 0.939. The Hall–Kier alpha value is -1.12. The summed E-state index contributed by atoms with van der Waals surface area (Å²) in [4.78, 5) is 10.8. The van der Waals surface area contributed by atoms with E-state index in [9.17, 15) is 4.79 Å². The number of nitriles is 1. The highest BCUT2D eigenvalue weighted by Crippen LogP contribution is 2.23. The van der Waals surface area contributed by atoms with Crippen molar-refractivity contribution in [2.45, 2.75) is 0 Å². The van der Waals surface area contributed by atoms with Gasteiger partial charge in [-0.1, -0.05) is 31.9 Å². The summed E-state index contributed by atoms with van der Waals surface area (Å²) in [5.41, 5.74) is 5.67. The molecule has 15 heavy (non-hydrogen) atoms. The van der Waals surface area contributed by atoms with Crippen molar-refractivity contribution < 1.29 is 4.79 Å². The lowest BCUT2D eigenvalue weighted by Crippen LogP contribution is -2.12. The smallest absolute Gasteiger partial charge is 0.259 e. The van der Waals surface area contributed by atoms with E-state index in [4.69, 9.17) is 11.0 Å². The maximum atomic E-state index is 10.8. The zero-order valence-electron chi connectivity index (χ0n) is 7.50. The Morgan fingerprint density at radius 2 is 2.13 bits per heavy atom. The lowest BCUT2D eigenvalue weighted by Gasteiger charge is -1.99. The van der Waals surface area contributed by atoms with Crippen molar-refractivity contribution in [1.82, 2.24) is 0 Å². The number of halogens is 2. The van der Waals surface area contributed by atoms with Crippen LogP contribution in [0.15, 0.2) is 32.7 Å². The van der Waals surface area contributed by atoms with Crippen molar-refractivity contribution in [1.29, 1.82) is 5.26 Å². The molecule has 0 aliphatic rings. The normalized spacial score (nSPS) is 10.9. The number of rotatable bonds is 2. The minimum absolute atomic E-state index is 0.0752. The summed E-state index contributed by atoms with van der Waals surface area (Å²) in [6.07, 6.45) is 1.44. The van der Waals surface area contributed by atoms with Crippen LogP contribution in [0.25, 0.3) is 6.08 Å². The number of benzene rings is 1. The summed E-state index contributed by atoms with van der Waals surface area (Å²) in [5, 5.41) is 8.67. The van der Waals surface area contributed by atoms with Gasteiger partial charge in [0.1, 0.15) is 11.6 Å². The van der Waals surface area contributed by atoms with Gasteiger partial charge in [-0.3, -0.25) is 4.79 Å². The molecule has 1 rings (SSSR count). The molecule has 0 aliphatic carbocycles. The first-order valence-electron chi connectivity index (χ1n) is 3.91. The first-order valence-corrected chi connectivity index (χ1v) is 5.50. The molecule has 0 atom stereocenters. The summed E-state index contributed by atoms with van der Waals surface area (Å²) in [6.45, 7) is 0. The van der Waals surface area contributed by atoms with Gasteiger partial charge in [-0.15, -0.1) is 0 Å². The second-order valence-corrected chi connectivity index (χ2v) is 4.47. The van der Waals surface area contributed by atoms with Gasteiger partial charge in [0.25, 0.3) is 5.91 Å². The molecule has 0 aliphatic heterocycles. The van der Waals surface area contributed by atoms with Gasteiger partial charge in [0.05, 0.1) is 0 Å². The second-order valence-electron chi connectivity index (χ2n) is 2.70. The van der Waals surface area contributed by atoms with Crippen LogP contribution in [0.2, 0.25) is 0 Å². The predicted molar refractivity (Wildman–Crippen MR) is 64.6 cm³/mol. The summed E-state index contributed by atoms with van der Waals surface area (Å²) >= 11 is 6.61. The maximum absolute atomic E-state index is 10.8. The van der Waals surface area contributed by atoms with E-state index in [0.29, 0.717) is 0 Å². The number of carbonyl (C=O) groups is 1. The molecule has 0 heterocycles. The number of amides is 1. The van der Waals surface area contributed by atoms with Crippen molar-refractivity contribution in [2.75, 3.05) is 0 Å². The molecule has 0 unspecified atom stereocenters. The van der Waals surface area contributed by atoms with Gasteiger partial charge in [0.15, 0.2) is 0 Å². The molecule has 0 spiro atoms. The molecule has 0 aromatic heterocycles. The minimum atomic E-state index is -0.732. The Morgan fingerprint density at radius 3 is 2.67 bits per heavy atom. The number of nitrogens with zero attached hydrogens (tertiary/aromatic N) is 1. The van der Waals surface area contributed by atoms with Crippen LogP contribution in [0, 0.1) is 11.3 Å². The zero-order valence-corrected chi connectivity index (χ0v) is 10.7. The van der Waals surface area contributed by atoms with E-state index < -0.39 is 5.91 Å². The highest BCUT2D eigenvalue weighted by atomic mass is 79.9. The Bertz CT molecular complexity index is 475. The van der Waals surface area contributed by atoms with Crippen LogP contribution in [0.3, 0.4) is 0 Å². The lowest BCUT2D eigenvalue weighted by molar-refractivity contribution is -0.114. The molecule has 2 N–H and O–H groups in total. The molecule has 0 saturated carbocycles. The van der Waals surface area contributed by atoms with E-state index in [-0.39, 0.29) is 5.57 Å². The Balaban J connectivity index is 3.23. The SMILES string of the molecule is N#CC(=Cc1cc(Br)ccc1Br)C(N)=O. The first-order chi connectivity index (χ1) is 7.04. The second kappa shape index (κ2) is 5.10. The van der Waals surface area contributed by atoms with E-state index in [1.54, 1.807) is 12.1 Å². The van der Waals surface area contributed by atoms with Crippen LogP contribution in [-0.2, 0) is 4.79 Å². The molecule has 1 aromatic carbocycles. The van der Waals surface area contributed by atoms with Crippen LogP contribution in [0.4, 0.5) is 0 Å². The van der Waals surface area contributed by atoms with Gasteiger partial charge >= 0.3 is 0 Å². The number of hydrogen-bond acceptors (Lipinski definition) is 2.